The van der Waals surface area contributed by atoms with Crippen molar-refractivity contribution >= 4 is 17.2 Å². The quantitative estimate of drug-likeness (QED) is 0.874. The van der Waals surface area contributed by atoms with Gasteiger partial charge in [-0.3, -0.25) is 4.79 Å². The molecule has 1 aliphatic heterocycles. The van der Waals surface area contributed by atoms with Crippen molar-refractivity contribution in [1.82, 2.24) is 10.2 Å². The second-order valence-corrected chi connectivity index (χ2v) is 7.46. The summed E-state index contributed by atoms with van der Waals surface area (Å²) in [5.41, 5.74) is 1.42. The molecule has 5 heteroatoms. The maximum Gasteiger partial charge on any atom is 0.265 e. The van der Waals surface area contributed by atoms with E-state index >= 15 is 0 Å². The van der Waals surface area contributed by atoms with Gasteiger partial charge in [0.05, 0.1) is 7.11 Å². The zero-order chi connectivity index (χ0) is 16.9. The first-order valence-corrected chi connectivity index (χ1v) is 9.19. The molecule has 1 atom stereocenters. The molecule has 4 nitrogen and oxygen atoms in total. The van der Waals surface area contributed by atoms with E-state index in [2.05, 4.69) is 40.5 Å². The van der Waals surface area contributed by atoms with Gasteiger partial charge in [-0.15, -0.1) is 11.3 Å². The van der Waals surface area contributed by atoms with Crippen LogP contribution in [-0.4, -0.2) is 44.1 Å². The Morgan fingerprint density at radius 3 is 2.92 bits per heavy atom. The third-order valence-electron chi connectivity index (χ3n) is 4.50. The average Bonchev–Trinajstić information content (AvgIpc) is 3.22. The molecule has 1 aromatic heterocycles. The van der Waals surface area contributed by atoms with Gasteiger partial charge >= 0.3 is 0 Å². The van der Waals surface area contributed by atoms with E-state index < -0.39 is 0 Å². The summed E-state index contributed by atoms with van der Waals surface area (Å²) in [6, 6.07) is 12.6. The summed E-state index contributed by atoms with van der Waals surface area (Å²) in [5.74, 6) is 1.24. The Labute approximate surface area is 147 Å². The van der Waals surface area contributed by atoms with Crippen LogP contribution in [0.5, 0.6) is 5.75 Å². The number of methoxy groups -OCH3 is 1. The molecule has 24 heavy (non-hydrogen) atoms. The molecule has 1 amide bonds. The predicted molar refractivity (Wildman–Crippen MR) is 98.2 cm³/mol. The van der Waals surface area contributed by atoms with Crippen molar-refractivity contribution in [2.75, 3.05) is 33.3 Å². The van der Waals surface area contributed by atoms with Crippen LogP contribution in [0.15, 0.2) is 36.4 Å². The Kier molecular flexibility index (Phi) is 5.53. The van der Waals surface area contributed by atoms with Crippen molar-refractivity contribution in [1.29, 1.82) is 0 Å². The molecule has 0 spiro atoms. The molecule has 1 N–H and O–H groups in total. The molecule has 0 bridgehead atoms. The lowest BCUT2D eigenvalue weighted by molar-refractivity contribution is 0.0951. The minimum Gasteiger partial charge on any atom is -0.495 e. The monoisotopic (exact) mass is 344 g/mol. The van der Waals surface area contributed by atoms with E-state index in [-0.39, 0.29) is 5.91 Å². The summed E-state index contributed by atoms with van der Waals surface area (Å²) in [6.07, 6.45) is 1.19. The number of rotatable bonds is 6. The second kappa shape index (κ2) is 7.81. The van der Waals surface area contributed by atoms with Gasteiger partial charge in [0.1, 0.15) is 10.6 Å². The first-order valence-electron chi connectivity index (χ1n) is 8.37. The molecule has 0 unspecified atom stereocenters. The summed E-state index contributed by atoms with van der Waals surface area (Å²) >= 11 is 1.48. The van der Waals surface area contributed by atoms with Gasteiger partial charge in [0.15, 0.2) is 0 Å². The van der Waals surface area contributed by atoms with E-state index in [0.29, 0.717) is 23.1 Å². The van der Waals surface area contributed by atoms with E-state index in [0.717, 1.165) is 24.5 Å². The maximum absolute atomic E-state index is 12.3. The van der Waals surface area contributed by atoms with Gasteiger partial charge < -0.3 is 15.0 Å². The standard InChI is InChI=1S/C19H24N2O2S/c1-14-12-17(23-2)18(24-14)19(22)20-9-11-21-10-8-16(13-21)15-6-4-3-5-7-15/h3-7,12,16H,8-11,13H2,1-2H3,(H,20,22)/t16-/m0/s1. The molecule has 1 fully saturated rings. The van der Waals surface area contributed by atoms with E-state index in [9.17, 15) is 4.79 Å². The third kappa shape index (κ3) is 3.97. The normalized spacial score (nSPS) is 17.8. The number of hydrogen-bond donors (Lipinski definition) is 1. The number of ether oxygens (including phenoxy) is 1. The average molecular weight is 344 g/mol. The van der Waals surface area contributed by atoms with Crippen molar-refractivity contribution in [2.45, 2.75) is 19.3 Å². The molecular weight excluding hydrogens is 320 g/mol. The number of likely N-dealkylation sites (tertiary alicyclic amines) is 1. The maximum atomic E-state index is 12.3. The lowest BCUT2D eigenvalue weighted by Crippen LogP contribution is -2.33. The number of nitrogens with one attached hydrogen (secondary N) is 1. The lowest BCUT2D eigenvalue weighted by atomic mass is 9.99. The van der Waals surface area contributed by atoms with E-state index in [1.165, 1.54) is 23.3 Å². The number of nitrogens with zero attached hydrogens (tertiary/aromatic N) is 1. The largest absolute Gasteiger partial charge is 0.495 e. The first kappa shape index (κ1) is 17.0. The summed E-state index contributed by atoms with van der Waals surface area (Å²) < 4.78 is 5.27. The number of aryl methyl sites for hydroxylation is 1. The van der Waals surface area contributed by atoms with Crippen LogP contribution in [-0.2, 0) is 0 Å². The summed E-state index contributed by atoms with van der Waals surface area (Å²) in [6.45, 7) is 5.71. The highest BCUT2D eigenvalue weighted by molar-refractivity contribution is 7.14. The van der Waals surface area contributed by atoms with Crippen molar-refractivity contribution < 1.29 is 9.53 Å². The van der Waals surface area contributed by atoms with Crippen LogP contribution >= 0.6 is 11.3 Å². The van der Waals surface area contributed by atoms with Crippen LogP contribution in [0.25, 0.3) is 0 Å². The summed E-state index contributed by atoms with van der Waals surface area (Å²) in [7, 11) is 1.60. The minimum absolute atomic E-state index is 0.0382. The highest BCUT2D eigenvalue weighted by Gasteiger charge is 2.23. The van der Waals surface area contributed by atoms with Crippen molar-refractivity contribution in [3.05, 3.63) is 51.7 Å². The molecule has 2 heterocycles. The number of amides is 1. The number of benzene rings is 1. The number of carbonyl (C=O) groups excluding carboxylic acids is 1. The van der Waals surface area contributed by atoms with Crippen LogP contribution in [0, 0.1) is 6.92 Å². The molecule has 1 aliphatic rings. The number of hydrogen-bond acceptors (Lipinski definition) is 4. The van der Waals surface area contributed by atoms with Crippen molar-refractivity contribution in [3.8, 4) is 5.75 Å². The fourth-order valence-corrected chi connectivity index (χ4v) is 4.14. The molecule has 0 radical (unpaired) electrons. The lowest BCUT2D eigenvalue weighted by Gasteiger charge is -2.16. The van der Waals surface area contributed by atoms with Gasteiger partial charge in [-0.2, -0.15) is 0 Å². The second-order valence-electron chi connectivity index (χ2n) is 6.21. The SMILES string of the molecule is COc1cc(C)sc1C(=O)NCCN1CC[C@H](c2ccccc2)C1. The van der Waals surface area contributed by atoms with Crippen LogP contribution < -0.4 is 10.1 Å². The topological polar surface area (TPSA) is 41.6 Å². The fourth-order valence-electron chi connectivity index (χ4n) is 3.24. The van der Waals surface area contributed by atoms with E-state index in [1.807, 2.05) is 13.0 Å². The molecule has 128 valence electrons. The Morgan fingerprint density at radius 2 is 2.17 bits per heavy atom. The third-order valence-corrected chi connectivity index (χ3v) is 5.53. The molecule has 2 aromatic rings. The molecule has 1 aromatic carbocycles. The minimum atomic E-state index is -0.0382. The highest BCUT2D eigenvalue weighted by Crippen LogP contribution is 2.28. The van der Waals surface area contributed by atoms with Gasteiger partial charge in [-0.25, -0.2) is 0 Å². The zero-order valence-electron chi connectivity index (χ0n) is 14.2. The van der Waals surface area contributed by atoms with Crippen LogP contribution in [0.1, 0.15) is 32.5 Å². The van der Waals surface area contributed by atoms with E-state index in [4.69, 9.17) is 4.74 Å². The van der Waals surface area contributed by atoms with Crippen LogP contribution in [0.3, 0.4) is 0 Å². The molecule has 3 rings (SSSR count). The fraction of sp³-hybridized carbons (Fsp3) is 0.421. The van der Waals surface area contributed by atoms with Gasteiger partial charge in [0, 0.05) is 24.5 Å². The Hall–Kier alpha value is -1.85. The summed E-state index contributed by atoms with van der Waals surface area (Å²) in [4.78, 5) is 16.5. The Bertz CT molecular complexity index is 684. The summed E-state index contributed by atoms with van der Waals surface area (Å²) in [5, 5.41) is 3.02. The molecule has 1 saturated heterocycles. The van der Waals surface area contributed by atoms with Crippen molar-refractivity contribution in [2.24, 2.45) is 0 Å². The highest BCUT2D eigenvalue weighted by atomic mass is 32.1. The number of thiophene rings is 1. The Morgan fingerprint density at radius 1 is 1.38 bits per heavy atom. The van der Waals surface area contributed by atoms with Gasteiger partial charge in [0.2, 0.25) is 0 Å². The van der Waals surface area contributed by atoms with E-state index in [1.54, 1.807) is 7.11 Å². The molecular formula is C19H24N2O2S. The zero-order valence-corrected chi connectivity index (χ0v) is 15.1. The smallest absolute Gasteiger partial charge is 0.265 e. The molecule has 0 saturated carbocycles. The predicted octanol–water partition coefficient (Wildman–Crippen LogP) is 3.28. The number of carbonyl (C=O) groups is 1. The first-order chi connectivity index (χ1) is 11.7. The Balaban J connectivity index is 1.46. The van der Waals surface area contributed by atoms with Crippen LogP contribution in [0.2, 0.25) is 0 Å². The van der Waals surface area contributed by atoms with Gasteiger partial charge in [-0.05, 0) is 37.4 Å². The van der Waals surface area contributed by atoms with Gasteiger partial charge in [0.25, 0.3) is 5.91 Å². The molecule has 0 aliphatic carbocycles. The van der Waals surface area contributed by atoms with Crippen LogP contribution in [0.4, 0.5) is 0 Å². The van der Waals surface area contributed by atoms with Gasteiger partial charge in [-0.1, -0.05) is 30.3 Å². The van der Waals surface area contributed by atoms with Crippen molar-refractivity contribution in [3.63, 3.8) is 0 Å².